The van der Waals surface area contributed by atoms with Crippen molar-refractivity contribution >= 4 is 11.8 Å². The number of nitrogens with two attached hydrogens (primary N) is 1. The first kappa shape index (κ1) is 14.0. The Morgan fingerprint density at radius 2 is 2.06 bits per heavy atom. The second-order valence-electron chi connectivity index (χ2n) is 3.86. The summed E-state index contributed by atoms with van der Waals surface area (Å²) in [6, 6.07) is 6.78. The molecular formula is C12H17N3O3. The summed E-state index contributed by atoms with van der Waals surface area (Å²) in [6.45, 7) is 0.0423. The Balaban J connectivity index is 2.50. The SMILES string of the molecule is CN(Cc1ccccc1O)C(=O)CNC(=O)CN. The third-order valence-electron chi connectivity index (χ3n) is 2.45. The number of nitrogens with one attached hydrogen (secondary N) is 1. The van der Waals surface area contributed by atoms with E-state index in [1.54, 1.807) is 31.3 Å². The molecule has 98 valence electrons. The van der Waals surface area contributed by atoms with Gasteiger partial charge in [0.05, 0.1) is 13.1 Å². The van der Waals surface area contributed by atoms with E-state index in [1.165, 1.54) is 4.90 Å². The lowest BCUT2D eigenvalue weighted by atomic mass is 10.2. The minimum absolute atomic E-state index is 0.0971. The molecule has 0 bridgehead atoms. The Bertz CT molecular complexity index is 434. The van der Waals surface area contributed by atoms with Gasteiger partial charge in [-0.25, -0.2) is 0 Å². The Morgan fingerprint density at radius 1 is 1.39 bits per heavy atom. The van der Waals surface area contributed by atoms with Crippen LogP contribution in [-0.4, -0.2) is 42.0 Å². The van der Waals surface area contributed by atoms with Crippen molar-refractivity contribution in [3.63, 3.8) is 0 Å². The molecule has 1 aromatic carbocycles. The molecule has 0 fully saturated rings. The molecule has 0 aliphatic heterocycles. The molecular weight excluding hydrogens is 234 g/mol. The molecule has 4 N–H and O–H groups in total. The number of rotatable bonds is 5. The summed E-state index contributed by atoms with van der Waals surface area (Å²) in [5.41, 5.74) is 5.76. The molecule has 0 atom stereocenters. The van der Waals surface area contributed by atoms with Gasteiger partial charge in [-0.05, 0) is 6.07 Å². The number of benzene rings is 1. The smallest absolute Gasteiger partial charge is 0.242 e. The van der Waals surface area contributed by atoms with Crippen molar-refractivity contribution in [3.8, 4) is 5.75 Å². The molecule has 0 aliphatic carbocycles. The van der Waals surface area contributed by atoms with Gasteiger partial charge in [0.1, 0.15) is 5.75 Å². The fourth-order valence-corrected chi connectivity index (χ4v) is 1.37. The van der Waals surface area contributed by atoms with Crippen LogP contribution in [0, 0.1) is 0 Å². The van der Waals surface area contributed by atoms with E-state index in [0.29, 0.717) is 5.56 Å². The first-order valence-electron chi connectivity index (χ1n) is 5.52. The highest BCUT2D eigenvalue weighted by Gasteiger charge is 2.11. The van der Waals surface area contributed by atoms with Crippen molar-refractivity contribution in [2.45, 2.75) is 6.54 Å². The van der Waals surface area contributed by atoms with Gasteiger partial charge in [0.25, 0.3) is 0 Å². The monoisotopic (exact) mass is 251 g/mol. The fraction of sp³-hybridized carbons (Fsp3) is 0.333. The number of carbonyl (C=O) groups excluding carboxylic acids is 2. The number of phenolic OH excluding ortho intramolecular Hbond substituents is 1. The molecule has 0 saturated carbocycles. The summed E-state index contributed by atoms with van der Waals surface area (Å²) in [7, 11) is 1.60. The molecule has 0 aliphatic rings. The quantitative estimate of drug-likeness (QED) is 0.652. The van der Waals surface area contributed by atoms with Crippen LogP contribution in [0.4, 0.5) is 0 Å². The van der Waals surface area contributed by atoms with Gasteiger partial charge in [0.2, 0.25) is 11.8 Å². The van der Waals surface area contributed by atoms with E-state index in [-0.39, 0.29) is 37.2 Å². The predicted molar refractivity (Wildman–Crippen MR) is 66.6 cm³/mol. The number of phenols is 1. The van der Waals surface area contributed by atoms with Crippen molar-refractivity contribution in [3.05, 3.63) is 29.8 Å². The zero-order valence-corrected chi connectivity index (χ0v) is 10.2. The molecule has 2 amide bonds. The lowest BCUT2D eigenvalue weighted by Crippen LogP contribution is -2.40. The third kappa shape index (κ3) is 4.06. The van der Waals surface area contributed by atoms with Gasteiger partial charge < -0.3 is 21.1 Å². The van der Waals surface area contributed by atoms with Crippen LogP contribution in [0.1, 0.15) is 5.56 Å². The lowest BCUT2D eigenvalue weighted by molar-refractivity contribution is -0.131. The van der Waals surface area contributed by atoms with Gasteiger partial charge >= 0.3 is 0 Å². The highest BCUT2D eigenvalue weighted by Crippen LogP contribution is 2.16. The second kappa shape index (κ2) is 6.61. The van der Waals surface area contributed by atoms with Gasteiger partial charge in [-0.3, -0.25) is 9.59 Å². The molecule has 0 radical (unpaired) electrons. The van der Waals surface area contributed by atoms with E-state index in [4.69, 9.17) is 5.73 Å². The summed E-state index contributed by atoms with van der Waals surface area (Å²) in [6.07, 6.45) is 0. The van der Waals surface area contributed by atoms with Crippen molar-refractivity contribution in [1.29, 1.82) is 0 Å². The van der Waals surface area contributed by atoms with Gasteiger partial charge in [-0.2, -0.15) is 0 Å². The molecule has 0 saturated heterocycles. The molecule has 0 spiro atoms. The third-order valence-corrected chi connectivity index (χ3v) is 2.45. The number of carbonyl (C=O) groups is 2. The average molecular weight is 251 g/mol. The Labute approximate surface area is 105 Å². The van der Waals surface area contributed by atoms with E-state index in [1.807, 2.05) is 0 Å². The molecule has 1 aromatic rings. The van der Waals surface area contributed by atoms with Gasteiger partial charge in [-0.1, -0.05) is 18.2 Å². The normalized spacial score (nSPS) is 9.89. The number of nitrogens with zero attached hydrogens (tertiary/aromatic N) is 1. The van der Waals surface area contributed by atoms with Crippen molar-refractivity contribution in [2.24, 2.45) is 5.73 Å². The molecule has 1 rings (SSSR count). The van der Waals surface area contributed by atoms with Crippen LogP contribution in [0.5, 0.6) is 5.75 Å². The zero-order valence-electron chi connectivity index (χ0n) is 10.2. The minimum Gasteiger partial charge on any atom is -0.508 e. The van der Waals surface area contributed by atoms with Crippen LogP contribution in [0.25, 0.3) is 0 Å². The van der Waals surface area contributed by atoms with E-state index < -0.39 is 0 Å². The number of hydrogen-bond donors (Lipinski definition) is 3. The van der Waals surface area contributed by atoms with E-state index >= 15 is 0 Å². The van der Waals surface area contributed by atoms with Crippen LogP contribution in [0.15, 0.2) is 24.3 Å². The summed E-state index contributed by atoms with van der Waals surface area (Å²) in [5.74, 6) is -0.484. The van der Waals surface area contributed by atoms with Gasteiger partial charge in [0.15, 0.2) is 0 Å². The Hall–Kier alpha value is -2.08. The topological polar surface area (TPSA) is 95.7 Å². The highest BCUT2D eigenvalue weighted by atomic mass is 16.3. The van der Waals surface area contributed by atoms with Crippen molar-refractivity contribution in [1.82, 2.24) is 10.2 Å². The second-order valence-corrected chi connectivity index (χ2v) is 3.86. The average Bonchev–Trinajstić information content (AvgIpc) is 2.38. The summed E-state index contributed by atoms with van der Waals surface area (Å²) in [5, 5.41) is 12.0. The molecule has 6 heteroatoms. The maximum absolute atomic E-state index is 11.7. The van der Waals surface area contributed by atoms with E-state index in [0.717, 1.165) is 0 Å². The van der Waals surface area contributed by atoms with Crippen LogP contribution in [-0.2, 0) is 16.1 Å². The summed E-state index contributed by atoms with van der Waals surface area (Å²) in [4.78, 5) is 24.0. The summed E-state index contributed by atoms with van der Waals surface area (Å²) < 4.78 is 0. The van der Waals surface area contributed by atoms with Crippen LogP contribution in [0.2, 0.25) is 0 Å². The Morgan fingerprint density at radius 3 is 2.67 bits per heavy atom. The van der Waals surface area contributed by atoms with E-state index in [2.05, 4.69) is 5.32 Å². The molecule has 0 unspecified atom stereocenters. The predicted octanol–water partition coefficient (Wildman–Crippen LogP) is -0.574. The maximum atomic E-state index is 11.7. The molecule has 18 heavy (non-hydrogen) atoms. The molecule has 0 aromatic heterocycles. The zero-order chi connectivity index (χ0) is 13.5. The lowest BCUT2D eigenvalue weighted by Gasteiger charge is -2.18. The minimum atomic E-state index is -0.376. The number of amides is 2. The first-order valence-corrected chi connectivity index (χ1v) is 5.52. The fourth-order valence-electron chi connectivity index (χ4n) is 1.37. The number of aromatic hydroxyl groups is 1. The van der Waals surface area contributed by atoms with E-state index in [9.17, 15) is 14.7 Å². The first-order chi connectivity index (χ1) is 8.54. The number of hydrogen-bond acceptors (Lipinski definition) is 4. The van der Waals surface area contributed by atoms with Crippen LogP contribution >= 0.6 is 0 Å². The Kier molecular flexibility index (Phi) is 5.13. The molecule has 6 nitrogen and oxygen atoms in total. The standard InChI is InChI=1S/C12H17N3O3/c1-15(12(18)7-14-11(17)6-13)8-9-4-2-3-5-10(9)16/h2-5,16H,6-8,13H2,1H3,(H,14,17). The maximum Gasteiger partial charge on any atom is 0.242 e. The number of likely N-dealkylation sites (N-methyl/N-ethyl adjacent to an activating group) is 1. The van der Waals surface area contributed by atoms with Crippen LogP contribution < -0.4 is 11.1 Å². The molecule has 0 heterocycles. The van der Waals surface area contributed by atoms with Crippen molar-refractivity contribution < 1.29 is 14.7 Å². The van der Waals surface area contributed by atoms with Gasteiger partial charge in [0, 0.05) is 19.2 Å². The largest absolute Gasteiger partial charge is 0.508 e. The van der Waals surface area contributed by atoms with Crippen LogP contribution in [0.3, 0.4) is 0 Å². The highest BCUT2D eigenvalue weighted by molar-refractivity contribution is 5.85. The number of para-hydroxylation sites is 1. The summed E-state index contributed by atoms with van der Waals surface area (Å²) >= 11 is 0. The van der Waals surface area contributed by atoms with Gasteiger partial charge in [-0.15, -0.1) is 0 Å². The van der Waals surface area contributed by atoms with Crippen molar-refractivity contribution in [2.75, 3.05) is 20.1 Å².